The van der Waals surface area contributed by atoms with Crippen LogP contribution in [-0.4, -0.2) is 12.1 Å². The predicted octanol–water partition coefficient (Wildman–Crippen LogP) is 4.32. The quantitative estimate of drug-likeness (QED) is 0.568. The van der Waals surface area contributed by atoms with E-state index in [9.17, 15) is 4.79 Å². The lowest BCUT2D eigenvalue weighted by molar-refractivity contribution is 0.0959. The molecule has 0 unspecified atom stereocenters. The molecule has 0 spiro atoms. The van der Waals surface area contributed by atoms with E-state index in [-0.39, 0.29) is 5.91 Å². The monoisotopic (exact) mass is 314 g/mol. The molecule has 3 aromatic rings. The first-order valence-corrected chi connectivity index (χ1v) is 7.50. The number of amides is 1. The SMILES string of the molecule is O=C(NN=Cc1ccccc1)c1sc2ccccc2c1Cl. The highest BCUT2D eigenvalue weighted by molar-refractivity contribution is 7.21. The van der Waals surface area contributed by atoms with E-state index in [1.165, 1.54) is 11.3 Å². The van der Waals surface area contributed by atoms with Crippen LogP contribution < -0.4 is 5.43 Å². The first-order chi connectivity index (χ1) is 10.3. The lowest BCUT2D eigenvalue weighted by atomic mass is 10.2. The summed E-state index contributed by atoms with van der Waals surface area (Å²) in [5.41, 5.74) is 3.42. The Morgan fingerprint density at radius 1 is 1.10 bits per heavy atom. The van der Waals surface area contributed by atoms with Crippen LogP contribution in [0.2, 0.25) is 5.02 Å². The minimum absolute atomic E-state index is 0.298. The van der Waals surface area contributed by atoms with Crippen LogP contribution in [0.25, 0.3) is 10.1 Å². The fourth-order valence-corrected chi connectivity index (χ4v) is 3.32. The summed E-state index contributed by atoms with van der Waals surface area (Å²) in [4.78, 5) is 12.6. The number of carbonyl (C=O) groups excluding carboxylic acids is 1. The largest absolute Gasteiger partial charge is 0.283 e. The van der Waals surface area contributed by atoms with Gasteiger partial charge in [-0.05, 0) is 11.6 Å². The molecule has 0 fully saturated rings. The van der Waals surface area contributed by atoms with Gasteiger partial charge in [0.15, 0.2) is 0 Å². The second-order valence-corrected chi connectivity index (χ2v) is 5.78. The highest BCUT2D eigenvalue weighted by atomic mass is 35.5. The smallest absolute Gasteiger partial charge is 0.266 e. The molecule has 0 atom stereocenters. The molecule has 1 aromatic heterocycles. The maximum absolute atomic E-state index is 12.1. The Bertz CT molecular complexity index is 812. The number of nitrogens with zero attached hydrogens (tertiary/aromatic N) is 1. The van der Waals surface area contributed by atoms with E-state index in [1.807, 2.05) is 54.6 Å². The summed E-state index contributed by atoms with van der Waals surface area (Å²) in [5.74, 6) is -0.298. The van der Waals surface area contributed by atoms with Crippen molar-refractivity contribution in [1.82, 2.24) is 5.43 Å². The van der Waals surface area contributed by atoms with Crippen LogP contribution in [0, 0.1) is 0 Å². The summed E-state index contributed by atoms with van der Waals surface area (Å²) >= 11 is 7.61. The second kappa shape index (κ2) is 6.08. The van der Waals surface area contributed by atoms with Crippen LogP contribution in [0.5, 0.6) is 0 Å². The van der Waals surface area contributed by atoms with E-state index in [0.717, 1.165) is 15.6 Å². The standard InChI is InChI=1S/C16H11ClN2OS/c17-14-12-8-4-5-9-13(12)21-15(14)16(20)19-18-10-11-6-2-1-3-7-11/h1-10H,(H,19,20). The third kappa shape index (κ3) is 2.96. The number of hydrazone groups is 1. The zero-order valence-corrected chi connectivity index (χ0v) is 12.5. The van der Waals surface area contributed by atoms with Gasteiger partial charge in [0.25, 0.3) is 5.91 Å². The zero-order valence-electron chi connectivity index (χ0n) is 10.9. The summed E-state index contributed by atoms with van der Waals surface area (Å²) in [6.07, 6.45) is 1.60. The summed E-state index contributed by atoms with van der Waals surface area (Å²) in [6.45, 7) is 0. The Labute approximate surface area is 130 Å². The van der Waals surface area contributed by atoms with E-state index < -0.39 is 0 Å². The van der Waals surface area contributed by atoms with E-state index in [1.54, 1.807) is 6.21 Å². The summed E-state index contributed by atoms with van der Waals surface area (Å²) in [6, 6.07) is 17.2. The van der Waals surface area contributed by atoms with Crippen molar-refractivity contribution in [2.45, 2.75) is 0 Å². The minimum atomic E-state index is -0.298. The molecule has 0 aliphatic rings. The van der Waals surface area contributed by atoms with Crippen molar-refractivity contribution in [2.75, 3.05) is 0 Å². The van der Waals surface area contributed by atoms with Crippen LogP contribution in [0.3, 0.4) is 0 Å². The molecule has 104 valence electrons. The Morgan fingerprint density at radius 2 is 1.81 bits per heavy atom. The molecule has 3 nitrogen and oxygen atoms in total. The van der Waals surface area contributed by atoms with Crippen molar-refractivity contribution in [2.24, 2.45) is 5.10 Å². The molecule has 1 heterocycles. The third-order valence-corrected chi connectivity index (χ3v) is 4.59. The number of benzene rings is 2. The summed E-state index contributed by atoms with van der Waals surface area (Å²) < 4.78 is 0.986. The molecule has 0 bridgehead atoms. The van der Waals surface area contributed by atoms with Crippen molar-refractivity contribution in [3.05, 3.63) is 70.1 Å². The van der Waals surface area contributed by atoms with Gasteiger partial charge in [-0.15, -0.1) is 11.3 Å². The number of hydrogen-bond donors (Lipinski definition) is 1. The van der Waals surface area contributed by atoms with Crippen LogP contribution in [-0.2, 0) is 0 Å². The van der Waals surface area contributed by atoms with Crippen LogP contribution in [0.1, 0.15) is 15.2 Å². The van der Waals surface area contributed by atoms with Crippen molar-refractivity contribution in [1.29, 1.82) is 0 Å². The fourth-order valence-electron chi connectivity index (χ4n) is 1.92. The average Bonchev–Trinajstić information content (AvgIpc) is 2.86. The van der Waals surface area contributed by atoms with E-state index in [2.05, 4.69) is 10.5 Å². The van der Waals surface area contributed by atoms with Gasteiger partial charge in [-0.25, -0.2) is 5.43 Å². The van der Waals surface area contributed by atoms with Gasteiger partial charge in [-0.3, -0.25) is 4.79 Å². The van der Waals surface area contributed by atoms with Gasteiger partial charge in [-0.1, -0.05) is 60.1 Å². The molecular formula is C16H11ClN2OS. The van der Waals surface area contributed by atoms with Crippen molar-refractivity contribution >= 4 is 45.1 Å². The van der Waals surface area contributed by atoms with Gasteiger partial charge >= 0.3 is 0 Å². The minimum Gasteiger partial charge on any atom is -0.266 e. The molecule has 21 heavy (non-hydrogen) atoms. The molecule has 2 aromatic carbocycles. The van der Waals surface area contributed by atoms with Crippen LogP contribution >= 0.6 is 22.9 Å². The van der Waals surface area contributed by atoms with Crippen molar-refractivity contribution in [3.8, 4) is 0 Å². The molecule has 0 aliphatic heterocycles. The Hall–Kier alpha value is -2.17. The van der Waals surface area contributed by atoms with E-state index in [0.29, 0.717) is 9.90 Å². The Balaban J connectivity index is 1.78. The molecule has 0 saturated heterocycles. The fraction of sp³-hybridized carbons (Fsp3) is 0. The molecule has 3 rings (SSSR count). The third-order valence-electron chi connectivity index (χ3n) is 2.92. The van der Waals surface area contributed by atoms with Gasteiger partial charge in [0.1, 0.15) is 4.88 Å². The highest BCUT2D eigenvalue weighted by Crippen LogP contribution is 2.34. The molecular weight excluding hydrogens is 304 g/mol. The molecule has 0 aliphatic carbocycles. The maximum Gasteiger partial charge on any atom is 0.283 e. The zero-order chi connectivity index (χ0) is 14.7. The van der Waals surface area contributed by atoms with Gasteiger partial charge in [0.05, 0.1) is 11.2 Å². The number of hydrogen-bond acceptors (Lipinski definition) is 3. The van der Waals surface area contributed by atoms with E-state index in [4.69, 9.17) is 11.6 Å². The summed E-state index contributed by atoms with van der Waals surface area (Å²) in [7, 11) is 0. The molecule has 1 amide bonds. The van der Waals surface area contributed by atoms with Gasteiger partial charge in [0, 0.05) is 10.1 Å². The van der Waals surface area contributed by atoms with E-state index >= 15 is 0 Å². The van der Waals surface area contributed by atoms with Crippen LogP contribution in [0.15, 0.2) is 59.7 Å². The normalized spacial score (nSPS) is 11.1. The number of rotatable bonds is 3. The average molecular weight is 315 g/mol. The molecule has 5 heteroatoms. The Morgan fingerprint density at radius 3 is 2.57 bits per heavy atom. The molecule has 1 N–H and O–H groups in total. The van der Waals surface area contributed by atoms with Gasteiger partial charge in [-0.2, -0.15) is 5.10 Å². The first kappa shape index (κ1) is 13.8. The number of nitrogens with one attached hydrogen (secondary N) is 1. The topological polar surface area (TPSA) is 41.5 Å². The van der Waals surface area contributed by atoms with Gasteiger partial charge in [0.2, 0.25) is 0 Å². The number of fused-ring (bicyclic) bond motifs is 1. The molecule has 0 radical (unpaired) electrons. The lowest BCUT2D eigenvalue weighted by Crippen LogP contribution is -2.16. The first-order valence-electron chi connectivity index (χ1n) is 6.31. The maximum atomic E-state index is 12.1. The predicted molar refractivity (Wildman–Crippen MR) is 88.3 cm³/mol. The van der Waals surface area contributed by atoms with Crippen LogP contribution in [0.4, 0.5) is 0 Å². The number of thiophene rings is 1. The second-order valence-electron chi connectivity index (χ2n) is 4.35. The van der Waals surface area contributed by atoms with Gasteiger partial charge < -0.3 is 0 Å². The van der Waals surface area contributed by atoms with Crippen molar-refractivity contribution < 1.29 is 4.79 Å². The lowest BCUT2D eigenvalue weighted by Gasteiger charge is -1.97. The Kier molecular flexibility index (Phi) is 3.99. The highest BCUT2D eigenvalue weighted by Gasteiger charge is 2.16. The number of carbonyl (C=O) groups is 1. The molecule has 0 saturated carbocycles. The van der Waals surface area contributed by atoms with Crippen molar-refractivity contribution in [3.63, 3.8) is 0 Å². The summed E-state index contributed by atoms with van der Waals surface area (Å²) in [5, 5.41) is 5.32. The number of halogens is 1.